The van der Waals surface area contributed by atoms with Crippen LogP contribution in [0.2, 0.25) is 0 Å². The van der Waals surface area contributed by atoms with Crippen molar-refractivity contribution in [3.8, 4) is 0 Å². The summed E-state index contributed by atoms with van der Waals surface area (Å²) in [6.07, 6.45) is 3.96. The van der Waals surface area contributed by atoms with Crippen LogP contribution in [0.1, 0.15) is 107 Å². The molecular formula is C63H83Br2F12N9P2-2. The number of aryl methyl sites for hydroxylation is 18. The molecule has 490 valence electrons. The summed E-state index contributed by atoms with van der Waals surface area (Å²) < 4.78 is 118. The van der Waals surface area contributed by atoms with Gasteiger partial charge in [0, 0.05) is 16.9 Å². The summed E-state index contributed by atoms with van der Waals surface area (Å²) in [5.74, 6) is 0. The zero-order valence-electron chi connectivity index (χ0n) is 53.4. The standard InChI is InChI=1S/C21H28BrN3.C21H27N3.C18H23N3.C3H5Br.2F6P/c1-13-7-15(3)20(16(4)8-13)24-12-19(11-22)25(23-24)21-17(5)9-14(2)10-18(21)6;1-13-8-15(3)20(16(4)9-13)23-12-19(7)24(22-23)21-17(5)10-14(2)11-18(21)6;1-11-7-13(3)17(14(4)8-11)19-21-20-18-15(5)9-12(2)10-16(18)6;1-2-3-4;2*1-7(2,3,4,5)6/h7-10,19,23H,11-12H2,1-6H3;8-12,22H,1-7H3;7-10H,1-6H3,(H,19,20);2H,1,3H2;;/q;;;;2*-1. The Kier molecular flexibility index (Phi) is 24.5. The summed E-state index contributed by atoms with van der Waals surface area (Å²) in [6, 6.07) is 26.9. The second-order valence-corrected chi connectivity index (χ2v) is 27.8. The van der Waals surface area contributed by atoms with Crippen LogP contribution in [-0.4, -0.2) is 23.2 Å². The SMILES string of the molecule is C=CCBr.CC1=CN(c2c(C)cc(C)cc2C)NN1c1c(C)cc(C)cc1C.Cc1cc(C)c(N2CC(CBr)N(c3c(C)cc(C)cc3C)N2)c(C)c1.Cc1cc(C)c(N=NNc2c(C)cc(C)cc2C)c(C)c1.F[P-](F)(F)(F)(F)F.F[P-](F)(F)(F)(F)F. The number of hydrazine groups is 4. The van der Waals surface area contributed by atoms with Crippen molar-refractivity contribution >= 4 is 81.6 Å². The van der Waals surface area contributed by atoms with Crippen LogP contribution in [0.25, 0.3) is 0 Å². The minimum absolute atomic E-state index is 0.375. The van der Waals surface area contributed by atoms with Crippen molar-refractivity contribution in [1.29, 1.82) is 0 Å². The zero-order chi connectivity index (χ0) is 67.7. The van der Waals surface area contributed by atoms with Gasteiger partial charge in [0.15, 0.2) is 0 Å². The number of allylic oxidation sites excluding steroid dienone is 2. The molecule has 9 nitrogen and oxygen atoms in total. The summed E-state index contributed by atoms with van der Waals surface area (Å²) in [4.78, 5) is 0. The normalized spacial score (nSPS) is 15.5. The molecule has 0 aromatic heterocycles. The number of benzene rings is 6. The Bertz CT molecular complexity index is 3370. The molecule has 1 fully saturated rings. The second kappa shape index (κ2) is 28.2. The van der Waals surface area contributed by atoms with Crippen molar-refractivity contribution in [3.05, 3.63) is 197 Å². The molecular weight excluding hydrogens is 1330 g/mol. The first kappa shape index (κ1) is 76.5. The molecule has 0 saturated carbocycles. The first-order valence-corrected chi connectivity index (χ1v) is 34.0. The molecule has 8 rings (SSSR count). The van der Waals surface area contributed by atoms with Gasteiger partial charge in [-0.05, 0) is 198 Å². The fraction of sp³-hybridized carbons (Fsp3) is 0.365. The minimum atomic E-state index is -10.7. The van der Waals surface area contributed by atoms with Crippen LogP contribution in [-0.2, 0) is 0 Å². The van der Waals surface area contributed by atoms with Crippen LogP contribution in [0.3, 0.4) is 0 Å². The third-order valence-corrected chi connectivity index (χ3v) is 14.5. The average Bonchev–Trinajstić information content (AvgIpc) is 2.35. The number of halogens is 14. The van der Waals surface area contributed by atoms with Gasteiger partial charge in [-0.1, -0.05) is 149 Å². The van der Waals surface area contributed by atoms with Crippen molar-refractivity contribution < 1.29 is 50.4 Å². The molecule has 0 amide bonds. The van der Waals surface area contributed by atoms with E-state index in [2.05, 4.69) is 296 Å². The van der Waals surface area contributed by atoms with Gasteiger partial charge in [0.05, 0.1) is 52.4 Å². The fourth-order valence-corrected chi connectivity index (χ4v) is 11.4. The molecule has 1 atom stereocenters. The van der Waals surface area contributed by atoms with Crippen LogP contribution in [0.15, 0.2) is 108 Å². The number of nitrogens with one attached hydrogen (secondary N) is 3. The van der Waals surface area contributed by atoms with Crippen molar-refractivity contribution in [2.75, 3.05) is 42.7 Å². The van der Waals surface area contributed by atoms with Crippen molar-refractivity contribution in [3.63, 3.8) is 0 Å². The predicted molar refractivity (Wildman–Crippen MR) is 356 cm³/mol. The fourth-order valence-electron chi connectivity index (χ4n) is 10.9. The maximum atomic E-state index is 9.87. The van der Waals surface area contributed by atoms with Gasteiger partial charge in [0.25, 0.3) is 0 Å². The van der Waals surface area contributed by atoms with Gasteiger partial charge < -0.3 is 0 Å². The van der Waals surface area contributed by atoms with Gasteiger partial charge in [0.1, 0.15) is 0 Å². The van der Waals surface area contributed by atoms with Crippen LogP contribution in [0.5, 0.6) is 0 Å². The van der Waals surface area contributed by atoms with Gasteiger partial charge in [-0.3, -0.25) is 25.5 Å². The van der Waals surface area contributed by atoms with Gasteiger partial charge in [0.2, 0.25) is 0 Å². The van der Waals surface area contributed by atoms with E-state index in [0.717, 1.165) is 39.7 Å². The topological polar surface area (TPSA) is 73.8 Å². The van der Waals surface area contributed by atoms with Gasteiger partial charge in [-0.25, -0.2) is 0 Å². The van der Waals surface area contributed by atoms with Crippen LogP contribution >= 0.6 is 47.5 Å². The third kappa shape index (κ3) is 26.0. The van der Waals surface area contributed by atoms with E-state index in [1.807, 2.05) is 0 Å². The monoisotopic (exact) mass is 1410 g/mol. The molecule has 6 aromatic carbocycles. The van der Waals surface area contributed by atoms with E-state index in [9.17, 15) is 50.4 Å². The van der Waals surface area contributed by atoms with Crippen molar-refractivity contribution in [2.45, 2.75) is 138 Å². The molecule has 1 saturated heterocycles. The number of hydrogen-bond acceptors (Lipinski definition) is 8. The number of alkyl halides is 2. The van der Waals surface area contributed by atoms with Crippen LogP contribution < -0.4 is 36.5 Å². The summed E-state index contributed by atoms with van der Waals surface area (Å²) in [5.41, 5.74) is 41.3. The molecule has 0 bridgehead atoms. The molecule has 1 unspecified atom stereocenters. The van der Waals surface area contributed by atoms with Gasteiger partial charge in [-0.15, -0.1) is 22.8 Å². The van der Waals surface area contributed by atoms with Crippen LogP contribution in [0.4, 0.5) is 84.5 Å². The quantitative estimate of drug-likeness (QED) is 0.0333. The van der Waals surface area contributed by atoms with Crippen LogP contribution in [0, 0.1) is 125 Å². The Morgan fingerprint density at radius 3 is 1.09 bits per heavy atom. The molecule has 0 aliphatic carbocycles. The van der Waals surface area contributed by atoms with E-state index in [1.165, 1.54) is 117 Å². The van der Waals surface area contributed by atoms with Gasteiger partial charge >= 0.3 is 66.0 Å². The Labute approximate surface area is 528 Å². The maximum absolute atomic E-state index is 10.7. The number of anilines is 5. The van der Waals surface area contributed by atoms with E-state index in [0.29, 0.717) is 6.04 Å². The van der Waals surface area contributed by atoms with E-state index in [1.54, 1.807) is 6.08 Å². The summed E-state index contributed by atoms with van der Waals surface area (Å²) in [7, 11) is -21.3. The molecule has 25 heteroatoms. The summed E-state index contributed by atoms with van der Waals surface area (Å²) in [6.45, 7) is 45.1. The number of nitrogens with zero attached hydrogens (tertiary/aromatic N) is 6. The summed E-state index contributed by atoms with van der Waals surface area (Å²) >= 11 is 6.85. The summed E-state index contributed by atoms with van der Waals surface area (Å²) in [5, 5.41) is 19.3. The molecule has 6 aromatic rings. The molecule has 2 heterocycles. The number of rotatable bonds is 9. The third-order valence-electron chi connectivity index (χ3n) is 13.3. The Morgan fingerprint density at radius 1 is 0.466 bits per heavy atom. The average molecular weight is 1420 g/mol. The van der Waals surface area contributed by atoms with Gasteiger partial charge in [-0.2, -0.15) is 0 Å². The molecule has 3 N–H and O–H groups in total. The molecule has 2 aliphatic rings. The predicted octanol–water partition coefficient (Wildman–Crippen LogP) is 24.2. The van der Waals surface area contributed by atoms with Crippen molar-refractivity contribution in [2.24, 2.45) is 10.3 Å². The Morgan fingerprint density at radius 2 is 0.761 bits per heavy atom. The Hall–Kier alpha value is -5.70. The van der Waals surface area contributed by atoms with E-state index >= 15 is 0 Å². The first-order chi connectivity index (χ1) is 39.8. The molecule has 2 aliphatic heterocycles. The molecule has 0 spiro atoms. The first-order valence-electron chi connectivity index (χ1n) is 27.7. The van der Waals surface area contributed by atoms with E-state index in [-0.39, 0.29) is 0 Å². The Balaban J connectivity index is 0.000000303. The molecule has 0 radical (unpaired) electrons. The van der Waals surface area contributed by atoms with E-state index < -0.39 is 15.6 Å². The van der Waals surface area contributed by atoms with E-state index in [4.69, 9.17) is 0 Å². The second-order valence-electron chi connectivity index (χ2n) is 22.6. The molecule has 88 heavy (non-hydrogen) atoms. The van der Waals surface area contributed by atoms with Crippen molar-refractivity contribution in [1.82, 2.24) is 11.1 Å². The number of hydrogen-bond donors (Lipinski definition) is 3. The zero-order valence-corrected chi connectivity index (χ0v) is 58.3.